The van der Waals surface area contributed by atoms with E-state index in [2.05, 4.69) is 5.32 Å². The molecule has 1 heterocycles. The van der Waals surface area contributed by atoms with E-state index < -0.39 is 5.97 Å². The van der Waals surface area contributed by atoms with Crippen molar-refractivity contribution in [2.24, 2.45) is 0 Å². The highest BCUT2D eigenvalue weighted by molar-refractivity contribution is 5.74. The monoisotopic (exact) mass is 253 g/mol. The average Bonchev–Trinajstić information content (AvgIpc) is 2.24. The molecule has 0 radical (unpaired) electrons. The molecule has 0 aliphatic carbocycles. The Balaban J connectivity index is 2.73. The second-order valence-corrected chi connectivity index (χ2v) is 4.31. The van der Waals surface area contributed by atoms with E-state index >= 15 is 0 Å². The molecule has 0 spiro atoms. The molecule has 0 aromatic carbocycles. The highest BCUT2D eigenvalue weighted by Gasteiger charge is 2.19. The summed E-state index contributed by atoms with van der Waals surface area (Å²) in [6.45, 7) is 5.85. The number of hydrogen-bond donors (Lipinski definition) is 2. The first-order valence-electron chi connectivity index (χ1n) is 5.95. The largest absolute Gasteiger partial charge is 0.481 e. The van der Waals surface area contributed by atoms with Crippen molar-refractivity contribution in [2.45, 2.75) is 40.0 Å². The minimum Gasteiger partial charge on any atom is -0.481 e. The molecule has 18 heavy (non-hydrogen) atoms. The number of aliphatic carboxylic acids is 1. The van der Waals surface area contributed by atoms with E-state index in [4.69, 9.17) is 9.84 Å². The molecular weight excluding hydrogens is 234 g/mol. The van der Waals surface area contributed by atoms with E-state index in [1.807, 2.05) is 13.8 Å². The van der Waals surface area contributed by atoms with Crippen molar-refractivity contribution < 1.29 is 19.4 Å². The second kappa shape index (κ2) is 6.23. The van der Waals surface area contributed by atoms with Crippen LogP contribution in [-0.4, -0.2) is 23.7 Å². The fraction of sp³-hybridized carbons (Fsp3) is 0.538. The summed E-state index contributed by atoms with van der Waals surface area (Å²) in [4.78, 5) is 22.2. The molecular formula is C13H19NO4. The number of nitrogens with one attached hydrogen (secondary N) is 1. The normalized spacial score (nSPS) is 15.5. The summed E-state index contributed by atoms with van der Waals surface area (Å²) in [7, 11) is 0. The number of rotatable bonds is 5. The Morgan fingerprint density at radius 1 is 1.22 bits per heavy atom. The summed E-state index contributed by atoms with van der Waals surface area (Å²) in [5.74, 6) is -1.14. The van der Waals surface area contributed by atoms with Crippen LogP contribution in [0.2, 0.25) is 0 Å². The number of carboxylic acid groups (broad SMARTS) is 1. The van der Waals surface area contributed by atoms with Gasteiger partial charge in [-0.25, -0.2) is 0 Å². The molecule has 0 saturated carbocycles. The summed E-state index contributed by atoms with van der Waals surface area (Å²) in [6.07, 6.45) is 0.733. The van der Waals surface area contributed by atoms with Crippen molar-refractivity contribution in [1.29, 1.82) is 0 Å². The molecule has 5 heteroatoms. The molecule has 0 unspecified atom stereocenters. The highest BCUT2D eigenvalue weighted by atomic mass is 16.5. The zero-order chi connectivity index (χ0) is 13.7. The fourth-order valence-corrected chi connectivity index (χ4v) is 1.94. The van der Waals surface area contributed by atoms with Crippen molar-refractivity contribution in [2.75, 3.05) is 6.61 Å². The summed E-state index contributed by atoms with van der Waals surface area (Å²) < 4.78 is 4.90. The average molecular weight is 253 g/mol. The molecule has 0 atom stereocenters. The Labute approximate surface area is 107 Å². The quantitative estimate of drug-likeness (QED) is 0.732. The molecule has 1 aliphatic heterocycles. The van der Waals surface area contributed by atoms with Gasteiger partial charge in [0.1, 0.15) is 0 Å². The molecule has 0 saturated heterocycles. The van der Waals surface area contributed by atoms with E-state index in [0.717, 1.165) is 22.5 Å². The lowest BCUT2D eigenvalue weighted by atomic mass is 9.94. The van der Waals surface area contributed by atoms with Crippen LogP contribution in [0.1, 0.15) is 40.0 Å². The van der Waals surface area contributed by atoms with Gasteiger partial charge >= 0.3 is 11.9 Å². The summed E-state index contributed by atoms with van der Waals surface area (Å²) >= 11 is 0. The van der Waals surface area contributed by atoms with Crippen molar-refractivity contribution >= 4 is 11.9 Å². The van der Waals surface area contributed by atoms with Gasteiger partial charge in [-0.15, -0.1) is 0 Å². The Morgan fingerprint density at radius 3 is 2.28 bits per heavy atom. The number of esters is 1. The van der Waals surface area contributed by atoms with E-state index in [1.54, 1.807) is 6.92 Å². The third-order valence-corrected chi connectivity index (χ3v) is 2.89. The predicted molar refractivity (Wildman–Crippen MR) is 66.7 cm³/mol. The first kappa shape index (κ1) is 14.3. The van der Waals surface area contributed by atoms with Gasteiger partial charge in [-0.1, -0.05) is 0 Å². The summed E-state index contributed by atoms with van der Waals surface area (Å²) in [5.41, 5.74) is 3.49. The van der Waals surface area contributed by atoms with Crippen LogP contribution in [-0.2, 0) is 14.3 Å². The van der Waals surface area contributed by atoms with Gasteiger partial charge in [0.05, 0.1) is 19.4 Å². The smallest absolute Gasteiger partial charge is 0.309 e. The maximum Gasteiger partial charge on any atom is 0.309 e. The van der Waals surface area contributed by atoms with Gasteiger partial charge in [-0.3, -0.25) is 9.59 Å². The standard InChI is InChI=1S/C13H19NO4/c1-4-18-13(17)7-11-5-10(6-12(15)16)8(2)14-9(11)3/h14H,4-7H2,1-3H3,(H,15,16). The number of ether oxygens (including phenoxy) is 1. The molecule has 0 amide bonds. The topological polar surface area (TPSA) is 75.6 Å². The van der Waals surface area contributed by atoms with Gasteiger partial charge in [0.25, 0.3) is 0 Å². The molecule has 2 N–H and O–H groups in total. The van der Waals surface area contributed by atoms with Gasteiger partial charge in [-0.05, 0) is 38.3 Å². The summed E-state index contributed by atoms with van der Waals surface area (Å²) in [6, 6.07) is 0. The second-order valence-electron chi connectivity index (χ2n) is 4.31. The van der Waals surface area contributed by atoms with Crippen LogP contribution in [0.4, 0.5) is 0 Å². The minimum absolute atomic E-state index is 0.00155. The van der Waals surface area contributed by atoms with Crippen LogP contribution in [0.5, 0.6) is 0 Å². The van der Waals surface area contributed by atoms with Crippen LogP contribution >= 0.6 is 0 Å². The molecule has 0 aromatic rings. The van der Waals surface area contributed by atoms with Gasteiger partial charge < -0.3 is 15.2 Å². The third-order valence-electron chi connectivity index (χ3n) is 2.89. The fourth-order valence-electron chi connectivity index (χ4n) is 1.94. The van der Waals surface area contributed by atoms with Crippen LogP contribution in [0, 0.1) is 0 Å². The van der Waals surface area contributed by atoms with Crippen molar-refractivity contribution in [3.63, 3.8) is 0 Å². The van der Waals surface area contributed by atoms with Crippen LogP contribution in [0.25, 0.3) is 0 Å². The van der Waals surface area contributed by atoms with E-state index in [1.165, 1.54) is 0 Å². The Bertz CT molecular complexity index is 421. The van der Waals surface area contributed by atoms with Crippen LogP contribution in [0.15, 0.2) is 22.5 Å². The lowest BCUT2D eigenvalue weighted by Crippen LogP contribution is -2.21. The van der Waals surface area contributed by atoms with E-state index in [0.29, 0.717) is 13.0 Å². The Hall–Kier alpha value is -1.78. The number of carboxylic acids is 1. The van der Waals surface area contributed by atoms with Crippen LogP contribution in [0.3, 0.4) is 0 Å². The number of hydrogen-bond acceptors (Lipinski definition) is 4. The number of dihydropyridines is 1. The lowest BCUT2D eigenvalue weighted by Gasteiger charge is -2.23. The third kappa shape index (κ3) is 3.91. The molecule has 0 fully saturated rings. The number of allylic oxidation sites excluding steroid dienone is 2. The van der Waals surface area contributed by atoms with Gasteiger partial charge in [0.2, 0.25) is 0 Å². The number of carbonyl (C=O) groups is 2. The maximum atomic E-state index is 11.5. The van der Waals surface area contributed by atoms with Crippen molar-refractivity contribution in [3.8, 4) is 0 Å². The maximum absolute atomic E-state index is 11.5. The predicted octanol–water partition coefficient (Wildman–Crippen LogP) is 1.96. The first-order valence-corrected chi connectivity index (χ1v) is 5.95. The minimum atomic E-state index is -0.860. The van der Waals surface area contributed by atoms with Gasteiger partial charge in [0, 0.05) is 11.4 Å². The molecule has 1 rings (SSSR count). The first-order chi connectivity index (χ1) is 8.43. The molecule has 1 aliphatic rings. The highest BCUT2D eigenvalue weighted by Crippen LogP contribution is 2.27. The zero-order valence-electron chi connectivity index (χ0n) is 11.0. The van der Waals surface area contributed by atoms with Crippen molar-refractivity contribution in [3.05, 3.63) is 22.5 Å². The van der Waals surface area contributed by atoms with Gasteiger partial charge in [0.15, 0.2) is 0 Å². The van der Waals surface area contributed by atoms with Gasteiger partial charge in [-0.2, -0.15) is 0 Å². The van der Waals surface area contributed by atoms with E-state index in [-0.39, 0.29) is 18.8 Å². The molecule has 100 valence electrons. The number of carbonyl (C=O) groups excluding carboxylic acids is 1. The molecule has 5 nitrogen and oxygen atoms in total. The zero-order valence-corrected chi connectivity index (χ0v) is 11.0. The van der Waals surface area contributed by atoms with E-state index in [9.17, 15) is 9.59 Å². The summed E-state index contributed by atoms with van der Waals surface area (Å²) in [5, 5.41) is 12.0. The van der Waals surface area contributed by atoms with Crippen LogP contribution < -0.4 is 5.32 Å². The molecule has 0 aromatic heterocycles. The Morgan fingerprint density at radius 2 is 1.78 bits per heavy atom. The lowest BCUT2D eigenvalue weighted by molar-refractivity contribution is -0.142. The van der Waals surface area contributed by atoms with Crippen molar-refractivity contribution in [1.82, 2.24) is 5.32 Å². The SMILES string of the molecule is CCOC(=O)CC1=C(C)NC(C)=C(CC(=O)O)C1. The Kier molecular flexibility index (Phi) is 4.95. The molecule has 0 bridgehead atoms.